The van der Waals surface area contributed by atoms with Crippen LogP contribution in [-0.2, 0) is 6.54 Å². The zero-order valence-electron chi connectivity index (χ0n) is 10.8. The van der Waals surface area contributed by atoms with Crippen LogP contribution in [0.2, 0.25) is 0 Å². The van der Waals surface area contributed by atoms with Crippen LogP contribution in [0, 0.1) is 0 Å². The van der Waals surface area contributed by atoms with E-state index in [0.717, 1.165) is 22.7 Å². The molecule has 0 saturated carbocycles. The first-order valence-corrected chi connectivity index (χ1v) is 7.01. The minimum atomic E-state index is -0.0538. The molecule has 2 heterocycles. The van der Waals surface area contributed by atoms with Gasteiger partial charge in [0.05, 0.1) is 12.3 Å². The Labute approximate surface area is 115 Å². The number of rotatable bonds is 6. The van der Waals surface area contributed by atoms with Crippen molar-refractivity contribution in [3.05, 3.63) is 39.1 Å². The molecule has 0 amide bonds. The number of thiazole rings is 1. The van der Waals surface area contributed by atoms with Crippen molar-refractivity contribution < 1.29 is 5.11 Å². The van der Waals surface area contributed by atoms with Gasteiger partial charge in [-0.1, -0.05) is 18.3 Å². The van der Waals surface area contributed by atoms with E-state index in [0.29, 0.717) is 13.1 Å². The van der Waals surface area contributed by atoms with Gasteiger partial charge in [-0.05, 0) is 18.7 Å². The lowest BCUT2D eigenvalue weighted by molar-refractivity contribution is 0.198. The average Bonchev–Trinajstić information content (AvgIpc) is 2.80. The molecule has 2 N–H and O–H groups in total. The van der Waals surface area contributed by atoms with Crippen molar-refractivity contribution in [1.82, 2.24) is 14.9 Å². The molecule has 0 atom stereocenters. The van der Waals surface area contributed by atoms with Crippen LogP contribution < -0.4 is 4.87 Å². The largest absolute Gasteiger partial charge is 0.395 e. The molecule has 0 bridgehead atoms. The van der Waals surface area contributed by atoms with Gasteiger partial charge in [0, 0.05) is 35.9 Å². The Bertz CT molecular complexity index is 565. The van der Waals surface area contributed by atoms with Crippen LogP contribution in [-0.4, -0.2) is 39.7 Å². The highest BCUT2D eigenvalue weighted by molar-refractivity contribution is 7.09. The predicted molar refractivity (Wildman–Crippen MR) is 76.2 cm³/mol. The highest BCUT2D eigenvalue weighted by Gasteiger charge is 2.13. The highest BCUT2D eigenvalue weighted by atomic mass is 32.1. The van der Waals surface area contributed by atoms with Gasteiger partial charge in [0.2, 0.25) is 0 Å². The molecule has 0 unspecified atom stereocenters. The average molecular weight is 279 g/mol. The number of aliphatic hydroxyl groups excluding tert-OH is 1. The topological polar surface area (TPSA) is 69.2 Å². The monoisotopic (exact) mass is 279 g/mol. The lowest BCUT2D eigenvalue weighted by Crippen LogP contribution is -2.25. The number of aromatic nitrogens is 2. The van der Waals surface area contributed by atoms with E-state index in [1.807, 2.05) is 19.1 Å². The summed E-state index contributed by atoms with van der Waals surface area (Å²) in [6.45, 7) is 4.27. The number of nitrogens with zero attached hydrogens (tertiary/aromatic N) is 2. The number of H-pyrrole nitrogens is 1. The Morgan fingerprint density at radius 2 is 2.16 bits per heavy atom. The predicted octanol–water partition coefficient (Wildman–Crippen LogP) is 1.31. The number of hydrogen-bond donors (Lipinski definition) is 2. The van der Waals surface area contributed by atoms with Gasteiger partial charge < -0.3 is 10.1 Å². The van der Waals surface area contributed by atoms with Crippen LogP contribution in [0.1, 0.15) is 11.8 Å². The summed E-state index contributed by atoms with van der Waals surface area (Å²) in [4.78, 5) is 21.5. The Morgan fingerprint density at radius 1 is 1.42 bits per heavy atom. The van der Waals surface area contributed by atoms with E-state index < -0.39 is 0 Å². The van der Waals surface area contributed by atoms with Crippen molar-refractivity contribution in [2.75, 3.05) is 19.7 Å². The fourth-order valence-electron chi connectivity index (χ4n) is 1.92. The van der Waals surface area contributed by atoms with Gasteiger partial charge in [0.25, 0.3) is 0 Å². The SMILES string of the molecule is CCN(CCO)Cc1sc(=O)[nH]c1-c1ccncc1. The van der Waals surface area contributed by atoms with Crippen molar-refractivity contribution in [3.63, 3.8) is 0 Å². The summed E-state index contributed by atoms with van der Waals surface area (Å²) in [6, 6.07) is 3.76. The van der Waals surface area contributed by atoms with Crippen LogP contribution in [0.5, 0.6) is 0 Å². The van der Waals surface area contributed by atoms with Crippen molar-refractivity contribution in [1.29, 1.82) is 0 Å². The van der Waals surface area contributed by atoms with Gasteiger partial charge in [-0.15, -0.1) is 0 Å². The number of hydrogen-bond acceptors (Lipinski definition) is 5. The Hall–Kier alpha value is -1.50. The standard InChI is InChI=1S/C13H17N3O2S/c1-2-16(7-8-17)9-11-12(15-13(18)19-11)10-3-5-14-6-4-10/h3-6,17H,2,7-9H2,1H3,(H,15,18). The lowest BCUT2D eigenvalue weighted by atomic mass is 10.2. The van der Waals surface area contributed by atoms with E-state index in [4.69, 9.17) is 5.11 Å². The molecule has 2 aromatic rings. The third-order valence-corrected chi connectivity index (χ3v) is 3.79. The summed E-state index contributed by atoms with van der Waals surface area (Å²) >= 11 is 1.22. The molecule has 0 spiro atoms. The zero-order chi connectivity index (χ0) is 13.7. The molecule has 2 aromatic heterocycles. The molecule has 0 aliphatic rings. The molecule has 2 rings (SSSR count). The van der Waals surface area contributed by atoms with Crippen LogP contribution in [0.15, 0.2) is 29.3 Å². The molecule has 0 aromatic carbocycles. The van der Waals surface area contributed by atoms with E-state index in [2.05, 4.69) is 14.9 Å². The maximum atomic E-state index is 11.6. The Balaban J connectivity index is 2.29. The minimum Gasteiger partial charge on any atom is -0.395 e. The number of likely N-dealkylation sites (N-methyl/N-ethyl adjacent to an activating group) is 1. The number of pyridine rings is 1. The molecule has 0 saturated heterocycles. The van der Waals surface area contributed by atoms with Gasteiger partial charge in [-0.2, -0.15) is 0 Å². The summed E-state index contributed by atoms with van der Waals surface area (Å²) < 4.78 is 0. The Morgan fingerprint density at radius 3 is 2.79 bits per heavy atom. The molecule has 5 nitrogen and oxygen atoms in total. The number of aromatic amines is 1. The number of nitrogens with one attached hydrogen (secondary N) is 1. The van der Waals surface area contributed by atoms with Crippen molar-refractivity contribution in [3.8, 4) is 11.3 Å². The van der Waals surface area contributed by atoms with E-state index in [9.17, 15) is 4.79 Å². The van der Waals surface area contributed by atoms with Gasteiger partial charge in [-0.3, -0.25) is 14.7 Å². The molecule has 0 aliphatic carbocycles. The smallest absolute Gasteiger partial charge is 0.305 e. The molecular weight excluding hydrogens is 262 g/mol. The second-order valence-electron chi connectivity index (χ2n) is 4.14. The first kappa shape index (κ1) is 13.9. The van der Waals surface area contributed by atoms with Gasteiger partial charge in [0.15, 0.2) is 0 Å². The Kier molecular flexibility index (Phi) is 4.84. The number of aliphatic hydroxyl groups is 1. The van der Waals surface area contributed by atoms with E-state index >= 15 is 0 Å². The first-order valence-electron chi connectivity index (χ1n) is 6.20. The summed E-state index contributed by atoms with van der Waals surface area (Å²) in [5.41, 5.74) is 1.82. The normalized spacial score (nSPS) is 11.1. The maximum absolute atomic E-state index is 11.6. The minimum absolute atomic E-state index is 0.0538. The van der Waals surface area contributed by atoms with E-state index in [1.165, 1.54) is 11.3 Å². The van der Waals surface area contributed by atoms with Crippen LogP contribution in [0.4, 0.5) is 0 Å². The summed E-state index contributed by atoms with van der Waals surface area (Å²) in [6.07, 6.45) is 3.42. The quantitative estimate of drug-likeness (QED) is 0.836. The molecule has 19 heavy (non-hydrogen) atoms. The second kappa shape index (κ2) is 6.60. The molecule has 102 valence electrons. The summed E-state index contributed by atoms with van der Waals surface area (Å²) in [7, 11) is 0. The molecular formula is C13H17N3O2S. The van der Waals surface area contributed by atoms with Crippen molar-refractivity contribution in [2.45, 2.75) is 13.5 Å². The fourth-order valence-corrected chi connectivity index (χ4v) is 2.81. The van der Waals surface area contributed by atoms with Gasteiger partial charge in [0.1, 0.15) is 0 Å². The van der Waals surface area contributed by atoms with Crippen molar-refractivity contribution in [2.24, 2.45) is 0 Å². The lowest BCUT2D eigenvalue weighted by Gasteiger charge is -2.18. The van der Waals surface area contributed by atoms with Crippen LogP contribution >= 0.6 is 11.3 Å². The fraction of sp³-hybridized carbons (Fsp3) is 0.385. The molecule has 0 radical (unpaired) electrons. The van der Waals surface area contributed by atoms with Crippen molar-refractivity contribution >= 4 is 11.3 Å². The van der Waals surface area contributed by atoms with E-state index in [1.54, 1.807) is 12.4 Å². The third kappa shape index (κ3) is 3.50. The molecule has 0 fully saturated rings. The third-order valence-electron chi connectivity index (χ3n) is 2.92. The molecule has 6 heteroatoms. The van der Waals surface area contributed by atoms with Crippen LogP contribution in [0.3, 0.4) is 0 Å². The maximum Gasteiger partial charge on any atom is 0.305 e. The second-order valence-corrected chi connectivity index (χ2v) is 5.21. The zero-order valence-corrected chi connectivity index (χ0v) is 11.6. The molecule has 0 aliphatic heterocycles. The first-order chi connectivity index (χ1) is 9.24. The van der Waals surface area contributed by atoms with Gasteiger partial charge in [-0.25, -0.2) is 0 Å². The summed E-state index contributed by atoms with van der Waals surface area (Å²) in [5, 5.41) is 9.02. The highest BCUT2D eigenvalue weighted by Crippen LogP contribution is 2.23. The summed E-state index contributed by atoms with van der Waals surface area (Å²) in [5.74, 6) is 0. The van der Waals surface area contributed by atoms with Crippen LogP contribution in [0.25, 0.3) is 11.3 Å². The van der Waals surface area contributed by atoms with E-state index in [-0.39, 0.29) is 11.5 Å². The van der Waals surface area contributed by atoms with Gasteiger partial charge >= 0.3 is 4.87 Å².